The summed E-state index contributed by atoms with van der Waals surface area (Å²) in [6.07, 6.45) is 1.67. The number of carbonyl (C=O) groups is 1. The average molecular weight is 310 g/mol. The molecule has 0 bridgehead atoms. The second-order valence-corrected chi connectivity index (χ2v) is 5.83. The third-order valence-electron chi connectivity index (χ3n) is 2.85. The smallest absolute Gasteiger partial charge is 0.316 e. The van der Waals surface area contributed by atoms with Crippen molar-refractivity contribution in [2.75, 3.05) is 0 Å². The monoisotopic (exact) mass is 310 g/mol. The Balaban J connectivity index is 2.22. The summed E-state index contributed by atoms with van der Waals surface area (Å²) in [5.41, 5.74) is 1.33. The van der Waals surface area contributed by atoms with Crippen LogP contribution in [0.25, 0.3) is 0 Å². The van der Waals surface area contributed by atoms with E-state index in [0.29, 0.717) is 17.4 Å². The summed E-state index contributed by atoms with van der Waals surface area (Å²) in [5, 5.41) is 18.0. The minimum atomic E-state index is -0.929. The van der Waals surface area contributed by atoms with Gasteiger partial charge in [-0.2, -0.15) is 0 Å². The Morgan fingerprint density at radius 3 is 2.67 bits per heavy atom. The number of rotatable bonds is 6. The summed E-state index contributed by atoms with van der Waals surface area (Å²) in [6, 6.07) is 6.05. The van der Waals surface area contributed by atoms with Gasteiger partial charge in [0.15, 0.2) is 5.16 Å². The van der Waals surface area contributed by atoms with E-state index in [2.05, 4.69) is 4.98 Å². The fourth-order valence-corrected chi connectivity index (χ4v) is 2.57. The van der Waals surface area contributed by atoms with Crippen molar-refractivity contribution >= 4 is 17.7 Å². The molecule has 1 atom stereocenters. The number of aliphatic hydroxyl groups is 1. The van der Waals surface area contributed by atoms with Gasteiger partial charge in [0.2, 0.25) is 0 Å². The molecule has 1 heterocycles. The highest BCUT2D eigenvalue weighted by atomic mass is 32.2. The first kappa shape index (κ1) is 15.5. The molecule has 0 aliphatic rings. The lowest BCUT2D eigenvalue weighted by molar-refractivity contribution is -0.136. The molecule has 0 amide bonds. The molecule has 21 heavy (non-hydrogen) atoms. The van der Waals surface area contributed by atoms with E-state index in [1.807, 2.05) is 0 Å². The van der Waals surface area contributed by atoms with Crippen LogP contribution in [0.4, 0.5) is 4.39 Å². The zero-order valence-corrected chi connectivity index (χ0v) is 12.2. The van der Waals surface area contributed by atoms with E-state index in [1.54, 1.807) is 29.8 Å². The van der Waals surface area contributed by atoms with Crippen molar-refractivity contribution < 1.29 is 19.4 Å². The number of aromatic nitrogens is 2. The molecule has 0 radical (unpaired) electrons. The van der Waals surface area contributed by atoms with Gasteiger partial charge >= 0.3 is 5.97 Å². The second-order valence-electron chi connectivity index (χ2n) is 4.53. The third-order valence-corrected chi connectivity index (χ3v) is 3.94. The minimum absolute atomic E-state index is 0.217. The Labute approximate surface area is 125 Å². The van der Waals surface area contributed by atoms with Crippen LogP contribution in [0.2, 0.25) is 0 Å². The van der Waals surface area contributed by atoms with Crippen molar-refractivity contribution in [3.63, 3.8) is 0 Å². The molecule has 0 saturated heterocycles. The normalized spacial score (nSPS) is 12.3. The van der Waals surface area contributed by atoms with E-state index < -0.39 is 11.2 Å². The molecule has 5 nitrogen and oxygen atoms in total. The zero-order valence-electron chi connectivity index (χ0n) is 11.4. The average Bonchev–Trinajstić information content (AvgIpc) is 2.83. The van der Waals surface area contributed by atoms with Gasteiger partial charge in [0.1, 0.15) is 11.1 Å². The van der Waals surface area contributed by atoms with Gasteiger partial charge in [-0.3, -0.25) is 4.79 Å². The van der Waals surface area contributed by atoms with Crippen molar-refractivity contribution in [2.45, 2.75) is 30.5 Å². The Kier molecular flexibility index (Phi) is 4.98. The Bertz CT molecular complexity index is 628. The Morgan fingerprint density at radius 1 is 1.43 bits per heavy atom. The zero-order chi connectivity index (χ0) is 15.4. The molecule has 1 aromatic heterocycles. The number of nitrogens with zero attached hydrogens (tertiary/aromatic N) is 2. The van der Waals surface area contributed by atoms with Crippen molar-refractivity contribution in [3.8, 4) is 0 Å². The van der Waals surface area contributed by atoms with Gasteiger partial charge in [0.05, 0.1) is 12.3 Å². The summed E-state index contributed by atoms with van der Waals surface area (Å²) >= 11 is 1.10. The quantitative estimate of drug-likeness (QED) is 0.799. The van der Waals surface area contributed by atoms with Crippen LogP contribution < -0.4 is 0 Å². The van der Waals surface area contributed by atoms with Crippen molar-refractivity contribution in [3.05, 3.63) is 47.5 Å². The highest BCUT2D eigenvalue weighted by molar-refractivity contribution is 8.00. The summed E-state index contributed by atoms with van der Waals surface area (Å²) in [7, 11) is 0. The van der Waals surface area contributed by atoms with Gasteiger partial charge in [-0.15, -0.1) is 0 Å². The standard InChI is InChI=1S/C14H15FN2O3S/c1-9(13(19)20)21-14-16-12(8-18)7-17(14)6-10-2-4-11(15)5-3-10/h2-5,7,9,18H,6,8H2,1H3,(H,19,20). The first-order valence-corrected chi connectivity index (χ1v) is 7.18. The number of imidazole rings is 1. The highest BCUT2D eigenvalue weighted by Crippen LogP contribution is 2.24. The fraction of sp³-hybridized carbons (Fsp3) is 0.286. The van der Waals surface area contributed by atoms with E-state index in [1.165, 1.54) is 12.1 Å². The molecule has 2 rings (SSSR count). The largest absolute Gasteiger partial charge is 0.480 e. The van der Waals surface area contributed by atoms with E-state index in [-0.39, 0.29) is 12.4 Å². The van der Waals surface area contributed by atoms with Crippen LogP contribution in [-0.4, -0.2) is 31.0 Å². The summed E-state index contributed by atoms with van der Waals surface area (Å²) in [4.78, 5) is 15.1. The third kappa shape index (κ3) is 4.05. The molecule has 7 heteroatoms. The predicted molar refractivity (Wildman–Crippen MR) is 76.6 cm³/mol. The molecule has 0 saturated carbocycles. The molecule has 0 spiro atoms. The topological polar surface area (TPSA) is 75.4 Å². The van der Waals surface area contributed by atoms with Crippen LogP contribution in [0.5, 0.6) is 0 Å². The molecule has 2 N–H and O–H groups in total. The molecular formula is C14H15FN2O3S. The summed E-state index contributed by atoms with van der Waals surface area (Å²) in [5.74, 6) is -1.24. The lowest BCUT2D eigenvalue weighted by atomic mass is 10.2. The van der Waals surface area contributed by atoms with E-state index in [0.717, 1.165) is 17.3 Å². The first-order chi connectivity index (χ1) is 9.99. The molecule has 112 valence electrons. The number of halogens is 1. The van der Waals surface area contributed by atoms with E-state index >= 15 is 0 Å². The lowest BCUT2D eigenvalue weighted by Gasteiger charge is -2.09. The molecule has 0 fully saturated rings. The van der Waals surface area contributed by atoms with Gasteiger partial charge in [-0.1, -0.05) is 23.9 Å². The van der Waals surface area contributed by atoms with Crippen LogP contribution in [0.3, 0.4) is 0 Å². The van der Waals surface area contributed by atoms with Crippen LogP contribution >= 0.6 is 11.8 Å². The molecular weight excluding hydrogens is 295 g/mol. The van der Waals surface area contributed by atoms with Crippen molar-refractivity contribution in [1.82, 2.24) is 9.55 Å². The SMILES string of the molecule is CC(Sc1nc(CO)cn1Cc1ccc(F)cc1)C(=O)O. The molecule has 2 aromatic rings. The Morgan fingerprint density at radius 2 is 2.10 bits per heavy atom. The number of hydrogen-bond acceptors (Lipinski definition) is 4. The van der Waals surface area contributed by atoms with Crippen LogP contribution in [0, 0.1) is 5.82 Å². The number of carboxylic acids is 1. The predicted octanol–water partition coefficient (Wildman–Crippen LogP) is 2.13. The van der Waals surface area contributed by atoms with Crippen molar-refractivity contribution in [2.24, 2.45) is 0 Å². The van der Waals surface area contributed by atoms with Gasteiger partial charge in [-0.25, -0.2) is 9.37 Å². The van der Waals surface area contributed by atoms with E-state index in [9.17, 15) is 14.3 Å². The number of aliphatic hydroxyl groups excluding tert-OH is 1. The van der Waals surface area contributed by atoms with Gasteiger partial charge in [0.25, 0.3) is 0 Å². The number of aliphatic carboxylic acids is 1. The number of carboxylic acid groups (broad SMARTS) is 1. The molecule has 1 aromatic carbocycles. The molecule has 1 unspecified atom stereocenters. The second kappa shape index (κ2) is 6.73. The van der Waals surface area contributed by atoms with E-state index in [4.69, 9.17) is 5.11 Å². The molecule has 0 aliphatic heterocycles. The maximum Gasteiger partial charge on any atom is 0.316 e. The highest BCUT2D eigenvalue weighted by Gasteiger charge is 2.17. The fourth-order valence-electron chi connectivity index (χ4n) is 1.73. The number of hydrogen-bond donors (Lipinski definition) is 2. The van der Waals surface area contributed by atoms with Crippen LogP contribution in [0.1, 0.15) is 18.2 Å². The van der Waals surface area contributed by atoms with Gasteiger partial charge < -0.3 is 14.8 Å². The number of thioether (sulfide) groups is 1. The molecule has 0 aliphatic carbocycles. The van der Waals surface area contributed by atoms with Crippen molar-refractivity contribution in [1.29, 1.82) is 0 Å². The maximum atomic E-state index is 12.9. The van der Waals surface area contributed by atoms with Gasteiger partial charge in [0, 0.05) is 12.7 Å². The summed E-state index contributed by atoms with van der Waals surface area (Å²) < 4.78 is 14.7. The van der Waals surface area contributed by atoms with Gasteiger partial charge in [-0.05, 0) is 24.6 Å². The minimum Gasteiger partial charge on any atom is -0.480 e. The maximum absolute atomic E-state index is 12.9. The lowest BCUT2D eigenvalue weighted by Crippen LogP contribution is -2.13. The summed E-state index contributed by atoms with van der Waals surface area (Å²) in [6.45, 7) is 1.79. The van der Waals surface area contributed by atoms with Crippen LogP contribution in [0.15, 0.2) is 35.6 Å². The van der Waals surface area contributed by atoms with Crippen LogP contribution in [-0.2, 0) is 17.9 Å². The number of benzene rings is 1. The Hall–Kier alpha value is -1.86. The first-order valence-electron chi connectivity index (χ1n) is 6.30.